The maximum atomic E-state index is 13.2. The number of hydrogen-bond donors (Lipinski definition) is 0. The minimum atomic E-state index is -0.155. The molecule has 1 aliphatic rings. The van der Waals surface area contributed by atoms with E-state index in [0.29, 0.717) is 25.0 Å². The second-order valence-corrected chi connectivity index (χ2v) is 10.5. The Labute approximate surface area is 214 Å². The van der Waals surface area contributed by atoms with Crippen molar-refractivity contribution in [3.63, 3.8) is 0 Å². The van der Waals surface area contributed by atoms with E-state index < -0.39 is 0 Å². The van der Waals surface area contributed by atoms with Gasteiger partial charge in [-0.25, -0.2) is 0 Å². The van der Waals surface area contributed by atoms with Crippen LogP contribution in [0.15, 0.2) is 70.0 Å². The molecule has 3 nitrogen and oxygen atoms in total. The number of aryl methyl sites for hydroxylation is 1. The highest BCUT2D eigenvalue weighted by Crippen LogP contribution is 2.38. The van der Waals surface area contributed by atoms with Gasteiger partial charge in [0.2, 0.25) is 0 Å². The van der Waals surface area contributed by atoms with Gasteiger partial charge in [0.25, 0.3) is 5.91 Å². The zero-order chi connectivity index (χ0) is 22.8. The number of ether oxygens (including phenoxy) is 1. The minimum Gasteiger partial charge on any atom is -0.488 e. The van der Waals surface area contributed by atoms with Gasteiger partial charge in [-0.05, 0) is 61.0 Å². The summed E-state index contributed by atoms with van der Waals surface area (Å²) in [6.45, 7) is 2.25. The Morgan fingerprint density at radius 1 is 1.12 bits per heavy atom. The third kappa shape index (κ3) is 5.21. The molecule has 0 unspecified atom stereocenters. The lowest BCUT2D eigenvalue weighted by Crippen LogP contribution is -2.27. The third-order valence-electron chi connectivity index (χ3n) is 4.71. The molecule has 0 saturated carbocycles. The standard InChI is InChI=1S/C24H16BrCl2NO2S2/c1-14-3-2-4-19(9-14)28-23(29)22(32-24(28)31)11-16-10-17(25)6-8-21(16)30-13-15-5-7-18(26)12-20(15)27/h2-12H,13H2,1H3/b22-11+. The predicted molar refractivity (Wildman–Crippen MR) is 142 cm³/mol. The van der Waals surface area contributed by atoms with Crippen LogP contribution in [0.4, 0.5) is 5.69 Å². The van der Waals surface area contributed by atoms with Crippen LogP contribution in [-0.2, 0) is 11.4 Å². The molecule has 4 rings (SSSR count). The highest BCUT2D eigenvalue weighted by atomic mass is 79.9. The summed E-state index contributed by atoms with van der Waals surface area (Å²) in [5.74, 6) is 0.470. The van der Waals surface area contributed by atoms with Gasteiger partial charge in [0.15, 0.2) is 4.32 Å². The molecule has 3 aromatic rings. The lowest BCUT2D eigenvalue weighted by molar-refractivity contribution is -0.113. The zero-order valence-corrected chi connectivity index (χ0v) is 21.5. The maximum absolute atomic E-state index is 13.2. The van der Waals surface area contributed by atoms with Gasteiger partial charge in [0, 0.05) is 25.6 Å². The molecule has 1 saturated heterocycles. The van der Waals surface area contributed by atoms with Gasteiger partial charge in [-0.15, -0.1) is 0 Å². The smallest absolute Gasteiger partial charge is 0.270 e. The van der Waals surface area contributed by atoms with Crippen LogP contribution in [0.25, 0.3) is 6.08 Å². The first kappa shape index (κ1) is 23.3. The molecular formula is C24H16BrCl2NO2S2. The van der Waals surface area contributed by atoms with Gasteiger partial charge in [-0.1, -0.05) is 81.3 Å². The SMILES string of the molecule is Cc1cccc(N2C(=O)/C(=C\c3cc(Br)ccc3OCc3ccc(Cl)cc3Cl)SC2=S)c1. The molecule has 162 valence electrons. The number of benzene rings is 3. The third-order valence-corrected chi connectivity index (χ3v) is 7.09. The van der Waals surface area contributed by atoms with Gasteiger partial charge in [0.05, 0.1) is 10.6 Å². The first-order chi connectivity index (χ1) is 15.3. The Kier molecular flexibility index (Phi) is 7.27. The monoisotopic (exact) mass is 563 g/mol. The highest BCUT2D eigenvalue weighted by molar-refractivity contribution is 9.10. The molecule has 3 aromatic carbocycles. The van der Waals surface area contributed by atoms with Crippen LogP contribution in [0.3, 0.4) is 0 Å². The first-order valence-electron chi connectivity index (χ1n) is 9.53. The predicted octanol–water partition coefficient (Wildman–Crippen LogP) is 8.05. The van der Waals surface area contributed by atoms with Gasteiger partial charge < -0.3 is 4.74 Å². The molecule has 0 bridgehead atoms. The maximum Gasteiger partial charge on any atom is 0.270 e. The number of thiocarbonyl (C=S) groups is 1. The van der Waals surface area contributed by atoms with E-state index in [1.807, 2.05) is 55.5 Å². The van der Waals surface area contributed by atoms with Crippen molar-refractivity contribution in [2.24, 2.45) is 0 Å². The fraction of sp³-hybridized carbons (Fsp3) is 0.0833. The molecule has 8 heteroatoms. The molecule has 32 heavy (non-hydrogen) atoms. The first-order valence-corrected chi connectivity index (χ1v) is 12.3. The summed E-state index contributed by atoms with van der Waals surface area (Å²) in [6, 6.07) is 18.6. The van der Waals surface area contributed by atoms with E-state index in [0.717, 1.165) is 26.9 Å². The van der Waals surface area contributed by atoms with Gasteiger partial charge in [-0.2, -0.15) is 0 Å². The summed E-state index contributed by atoms with van der Waals surface area (Å²) in [6.07, 6.45) is 1.80. The molecule has 0 N–H and O–H groups in total. The summed E-state index contributed by atoms with van der Waals surface area (Å²) in [4.78, 5) is 15.2. The van der Waals surface area contributed by atoms with Gasteiger partial charge in [-0.3, -0.25) is 9.69 Å². The van der Waals surface area contributed by atoms with Crippen molar-refractivity contribution in [1.82, 2.24) is 0 Å². The average molecular weight is 565 g/mol. The number of halogens is 3. The number of nitrogens with zero attached hydrogens (tertiary/aromatic N) is 1. The average Bonchev–Trinajstić information content (AvgIpc) is 3.01. The number of thioether (sulfide) groups is 1. The van der Waals surface area contributed by atoms with Crippen molar-refractivity contribution in [2.75, 3.05) is 4.90 Å². The van der Waals surface area contributed by atoms with E-state index in [9.17, 15) is 4.79 Å². The summed E-state index contributed by atoms with van der Waals surface area (Å²) in [7, 11) is 0. The lowest BCUT2D eigenvalue weighted by atomic mass is 10.1. The van der Waals surface area contributed by atoms with E-state index in [1.165, 1.54) is 11.8 Å². The minimum absolute atomic E-state index is 0.155. The van der Waals surface area contributed by atoms with Gasteiger partial charge in [0.1, 0.15) is 12.4 Å². The van der Waals surface area contributed by atoms with E-state index in [-0.39, 0.29) is 12.5 Å². The number of hydrogen-bond acceptors (Lipinski definition) is 4. The van der Waals surface area contributed by atoms with E-state index in [4.69, 9.17) is 40.2 Å². The fourth-order valence-corrected chi connectivity index (χ4v) is 5.29. The van der Waals surface area contributed by atoms with Crippen LogP contribution < -0.4 is 9.64 Å². The van der Waals surface area contributed by atoms with E-state index in [1.54, 1.807) is 23.1 Å². The second kappa shape index (κ2) is 9.98. The summed E-state index contributed by atoms with van der Waals surface area (Å²) in [5, 5.41) is 1.11. The number of carbonyl (C=O) groups is 1. The normalized spacial score (nSPS) is 15.0. The van der Waals surface area contributed by atoms with Crippen molar-refractivity contribution >= 4 is 85.1 Å². The molecule has 0 spiro atoms. The Balaban J connectivity index is 1.61. The molecule has 1 aliphatic heterocycles. The van der Waals surface area contributed by atoms with Crippen molar-refractivity contribution < 1.29 is 9.53 Å². The molecule has 1 heterocycles. The van der Waals surface area contributed by atoms with Crippen LogP contribution in [-0.4, -0.2) is 10.2 Å². The molecule has 0 atom stereocenters. The van der Waals surface area contributed by atoms with Crippen molar-refractivity contribution in [3.8, 4) is 5.75 Å². The van der Waals surface area contributed by atoms with E-state index in [2.05, 4.69) is 15.9 Å². The Bertz CT molecular complexity index is 1260. The number of amides is 1. The molecule has 0 radical (unpaired) electrons. The van der Waals surface area contributed by atoms with Crippen LogP contribution in [0, 0.1) is 6.92 Å². The molecule has 0 aromatic heterocycles. The molecule has 1 amide bonds. The van der Waals surface area contributed by atoms with Crippen molar-refractivity contribution in [3.05, 3.63) is 96.8 Å². The largest absolute Gasteiger partial charge is 0.488 e. The molecule has 1 fully saturated rings. The van der Waals surface area contributed by atoms with Crippen molar-refractivity contribution in [1.29, 1.82) is 0 Å². The fourth-order valence-electron chi connectivity index (χ4n) is 3.16. The Morgan fingerprint density at radius 3 is 2.69 bits per heavy atom. The lowest BCUT2D eigenvalue weighted by Gasteiger charge is -2.15. The van der Waals surface area contributed by atoms with E-state index >= 15 is 0 Å². The number of anilines is 1. The second-order valence-electron chi connectivity index (χ2n) is 7.06. The van der Waals surface area contributed by atoms with Crippen LogP contribution in [0.5, 0.6) is 5.75 Å². The molecular weight excluding hydrogens is 549 g/mol. The number of carbonyl (C=O) groups excluding carboxylic acids is 1. The Morgan fingerprint density at radius 2 is 1.94 bits per heavy atom. The van der Waals surface area contributed by atoms with Crippen LogP contribution >= 0.6 is 63.1 Å². The zero-order valence-electron chi connectivity index (χ0n) is 16.8. The topological polar surface area (TPSA) is 29.5 Å². The summed E-state index contributed by atoms with van der Waals surface area (Å²) in [5.41, 5.74) is 3.40. The quantitative estimate of drug-likeness (QED) is 0.231. The molecule has 0 aliphatic carbocycles. The van der Waals surface area contributed by atoms with Crippen molar-refractivity contribution in [2.45, 2.75) is 13.5 Å². The van der Waals surface area contributed by atoms with Gasteiger partial charge >= 0.3 is 0 Å². The van der Waals surface area contributed by atoms with Crippen LogP contribution in [0.2, 0.25) is 10.0 Å². The highest BCUT2D eigenvalue weighted by Gasteiger charge is 2.33. The number of rotatable bonds is 5. The summed E-state index contributed by atoms with van der Waals surface area (Å²) < 4.78 is 7.41. The summed E-state index contributed by atoms with van der Waals surface area (Å²) >= 11 is 22.5. The van der Waals surface area contributed by atoms with Crippen LogP contribution in [0.1, 0.15) is 16.7 Å². The Hall–Kier alpha value is -1.83.